The number of carbonyl (C=O) groups excluding carboxylic acids is 1. The van der Waals surface area contributed by atoms with E-state index in [1.165, 1.54) is 89.9 Å². The summed E-state index contributed by atoms with van der Waals surface area (Å²) < 4.78 is 34.6. The van der Waals surface area contributed by atoms with E-state index >= 15 is 0 Å². The number of phosphoric ester groups is 1. The van der Waals surface area contributed by atoms with Crippen molar-refractivity contribution in [1.29, 1.82) is 0 Å². The van der Waals surface area contributed by atoms with Gasteiger partial charge < -0.3 is 18.9 Å². The summed E-state index contributed by atoms with van der Waals surface area (Å²) in [7, 11) is 1.66. The first-order chi connectivity index (χ1) is 22.1. The highest BCUT2D eigenvalue weighted by Crippen LogP contribution is 2.43. The minimum absolute atomic E-state index is 0.0883. The number of carbonyl (C=O) groups is 1. The summed E-state index contributed by atoms with van der Waals surface area (Å²) in [5.41, 5.74) is 0. The number of hydrogen-bond acceptors (Lipinski definition) is 6. The number of quaternary nitrogens is 1. The van der Waals surface area contributed by atoms with Crippen LogP contribution in [0.25, 0.3) is 0 Å². The first-order valence-corrected chi connectivity index (χ1v) is 20.1. The third-order valence-electron chi connectivity index (χ3n) is 7.77. The smallest absolute Gasteiger partial charge is 0.457 e. The van der Waals surface area contributed by atoms with Gasteiger partial charge in [-0.25, -0.2) is 4.57 Å². The average Bonchev–Trinajstić information content (AvgIpc) is 2.99. The van der Waals surface area contributed by atoms with Crippen molar-refractivity contribution < 1.29 is 37.3 Å². The molecule has 9 heteroatoms. The van der Waals surface area contributed by atoms with Gasteiger partial charge in [0.1, 0.15) is 19.3 Å². The van der Waals surface area contributed by atoms with Gasteiger partial charge in [0.2, 0.25) is 0 Å². The van der Waals surface area contributed by atoms with Crippen LogP contribution in [0.1, 0.15) is 149 Å². The van der Waals surface area contributed by atoms with Gasteiger partial charge in [0.15, 0.2) is 0 Å². The third kappa shape index (κ3) is 34.3. The van der Waals surface area contributed by atoms with Gasteiger partial charge in [0.25, 0.3) is 0 Å². The molecule has 0 aliphatic rings. The molecule has 1 N–H and O–H groups in total. The molecule has 2 unspecified atom stereocenters. The first kappa shape index (κ1) is 45.0. The number of likely N-dealkylation sites (N-methyl/N-ethyl adjacent to an activating group) is 1. The van der Waals surface area contributed by atoms with Crippen LogP contribution in [0.5, 0.6) is 0 Å². The van der Waals surface area contributed by atoms with E-state index in [2.05, 4.69) is 38.2 Å². The molecule has 0 fully saturated rings. The van der Waals surface area contributed by atoms with Crippen LogP contribution in [0.15, 0.2) is 24.3 Å². The molecule has 0 radical (unpaired) electrons. The fraction of sp³-hybridized carbons (Fsp3) is 0.865. The number of phosphoric acid groups is 1. The molecule has 0 saturated heterocycles. The monoisotopic (exact) mass is 675 g/mol. The zero-order valence-electron chi connectivity index (χ0n) is 30.6. The Morgan fingerprint density at radius 2 is 1.20 bits per heavy atom. The Balaban J connectivity index is 4.15. The summed E-state index contributed by atoms with van der Waals surface area (Å²) in [5, 5.41) is 0. The highest BCUT2D eigenvalue weighted by Gasteiger charge is 2.26. The predicted molar refractivity (Wildman–Crippen MR) is 192 cm³/mol. The Hall–Kier alpha value is -1.02. The lowest BCUT2D eigenvalue weighted by Gasteiger charge is -2.24. The summed E-state index contributed by atoms with van der Waals surface area (Å²) in [4.78, 5) is 22.6. The van der Waals surface area contributed by atoms with Gasteiger partial charge >= 0.3 is 13.8 Å². The molecule has 0 amide bonds. The molecule has 0 rings (SSSR count). The molecule has 0 aromatic rings. The van der Waals surface area contributed by atoms with Crippen molar-refractivity contribution in [3.8, 4) is 0 Å². The Labute approximate surface area is 283 Å². The third-order valence-corrected chi connectivity index (χ3v) is 8.75. The second kappa shape index (κ2) is 31.3. The maximum Gasteiger partial charge on any atom is 0.472 e. The fourth-order valence-electron chi connectivity index (χ4n) is 4.82. The summed E-state index contributed by atoms with van der Waals surface area (Å²) >= 11 is 0. The fourth-order valence-corrected chi connectivity index (χ4v) is 5.56. The number of hydrogen-bond donors (Lipinski definition) is 1. The van der Waals surface area contributed by atoms with Gasteiger partial charge in [0.05, 0.1) is 34.4 Å². The van der Waals surface area contributed by atoms with Crippen LogP contribution in [-0.2, 0) is 27.9 Å². The van der Waals surface area contributed by atoms with E-state index in [4.69, 9.17) is 18.5 Å². The zero-order valence-corrected chi connectivity index (χ0v) is 31.5. The van der Waals surface area contributed by atoms with Crippen molar-refractivity contribution in [3.05, 3.63) is 24.3 Å². The van der Waals surface area contributed by atoms with Crippen molar-refractivity contribution in [1.82, 2.24) is 0 Å². The van der Waals surface area contributed by atoms with E-state index in [-0.39, 0.29) is 25.8 Å². The van der Waals surface area contributed by atoms with E-state index in [1.807, 2.05) is 21.1 Å². The van der Waals surface area contributed by atoms with E-state index < -0.39 is 13.9 Å². The molecular weight excluding hydrogens is 601 g/mol. The molecule has 0 aliphatic heterocycles. The van der Waals surface area contributed by atoms with Crippen LogP contribution >= 0.6 is 7.82 Å². The molecule has 0 aromatic carbocycles. The minimum Gasteiger partial charge on any atom is -0.457 e. The Morgan fingerprint density at radius 1 is 0.674 bits per heavy atom. The number of unbranched alkanes of at least 4 members (excludes halogenated alkanes) is 16. The summed E-state index contributed by atoms with van der Waals surface area (Å²) in [6, 6.07) is 0. The van der Waals surface area contributed by atoms with Crippen LogP contribution in [-0.4, -0.2) is 75.6 Å². The number of rotatable bonds is 34. The lowest BCUT2D eigenvalue weighted by molar-refractivity contribution is -0.870. The quantitative estimate of drug-likeness (QED) is 0.0239. The average molecular weight is 675 g/mol. The van der Waals surface area contributed by atoms with Crippen molar-refractivity contribution in [2.75, 3.05) is 54.1 Å². The van der Waals surface area contributed by atoms with Gasteiger partial charge in [-0.1, -0.05) is 122 Å². The molecule has 0 heterocycles. The minimum atomic E-state index is -4.26. The van der Waals surface area contributed by atoms with Crippen LogP contribution in [0.3, 0.4) is 0 Å². The standard InChI is InChI=1S/C37H72NO7P/c1-6-8-10-12-14-15-16-17-18-19-20-21-22-23-24-25-27-29-32-42-34-36(45-37(39)30-28-26-13-11-9-7-2)35-44-46(40,41)43-33-31-38(3,4)5/h14-15,17-18,36H,6-13,16,19-35H2,1-5H3/p+1/b15-14-,18-17-. The van der Waals surface area contributed by atoms with Crippen LogP contribution in [0, 0.1) is 0 Å². The van der Waals surface area contributed by atoms with Crippen LogP contribution in [0.4, 0.5) is 0 Å². The lowest BCUT2D eigenvalue weighted by Crippen LogP contribution is -2.37. The highest BCUT2D eigenvalue weighted by atomic mass is 31.2. The SMILES string of the molecule is CCCCC/C=C\C/C=C\CCCCCCCCCCOCC(COP(=O)(O)OCC[N+](C)(C)C)OC(=O)CCCCCCCC. The molecule has 0 saturated carbocycles. The Bertz CT molecular complexity index is 797. The summed E-state index contributed by atoms with van der Waals surface area (Å²) in [6.45, 7) is 5.52. The summed E-state index contributed by atoms with van der Waals surface area (Å²) in [6.07, 6.45) is 32.3. The molecule has 272 valence electrons. The van der Waals surface area contributed by atoms with Crippen LogP contribution < -0.4 is 0 Å². The molecule has 8 nitrogen and oxygen atoms in total. The molecule has 0 aliphatic carbocycles. The lowest BCUT2D eigenvalue weighted by atomic mass is 10.1. The van der Waals surface area contributed by atoms with E-state index in [1.54, 1.807) is 0 Å². The van der Waals surface area contributed by atoms with Gasteiger partial charge in [-0.3, -0.25) is 13.8 Å². The van der Waals surface area contributed by atoms with Crippen molar-refractivity contribution in [2.24, 2.45) is 0 Å². The normalized spacial score (nSPS) is 14.3. The number of allylic oxidation sites excluding steroid dienone is 4. The number of nitrogens with zero attached hydrogens (tertiary/aromatic N) is 1. The Morgan fingerprint density at radius 3 is 1.80 bits per heavy atom. The molecule has 0 aromatic heterocycles. The van der Waals surface area contributed by atoms with E-state index in [0.29, 0.717) is 24.1 Å². The predicted octanol–water partition coefficient (Wildman–Crippen LogP) is 10.1. The van der Waals surface area contributed by atoms with Crippen molar-refractivity contribution in [2.45, 2.75) is 155 Å². The molecule has 46 heavy (non-hydrogen) atoms. The van der Waals surface area contributed by atoms with Gasteiger partial charge in [-0.05, 0) is 44.9 Å². The topological polar surface area (TPSA) is 91.3 Å². The highest BCUT2D eigenvalue weighted by molar-refractivity contribution is 7.47. The van der Waals surface area contributed by atoms with Gasteiger partial charge in [-0.2, -0.15) is 0 Å². The molecule has 2 atom stereocenters. The number of ether oxygens (including phenoxy) is 2. The van der Waals surface area contributed by atoms with Crippen molar-refractivity contribution >= 4 is 13.8 Å². The largest absolute Gasteiger partial charge is 0.472 e. The summed E-state index contributed by atoms with van der Waals surface area (Å²) in [5.74, 6) is -0.326. The first-order valence-electron chi connectivity index (χ1n) is 18.6. The zero-order chi connectivity index (χ0) is 34.2. The maximum absolute atomic E-state index is 12.5. The Kier molecular flexibility index (Phi) is 30.6. The van der Waals surface area contributed by atoms with E-state index in [9.17, 15) is 14.3 Å². The van der Waals surface area contributed by atoms with Crippen molar-refractivity contribution in [3.63, 3.8) is 0 Å². The maximum atomic E-state index is 12.5. The van der Waals surface area contributed by atoms with Crippen LogP contribution in [0.2, 0.25) is 0 Å². The molecule has 0 bridgehead atoms. The number of esters is 1. The van der Waals surface area contributed by atoms with Gasteiger partial charge in [-0.15, -0.1) is 0 Å². The second-order valence-electron chi connectivity index (χ2n) is 13.6. The second-order valence-corrected chi connectivity index (χ2v) is 15.1. The molecular formula is C37H73NO7P+. The van der Waals surface area contributed by atoms with Gasteiger partial charge in [0, 0.05) is 13.0 Å². The van der Waals surface area contributed by atoms with E-state index in [0.717, 1.165) is 38.5 Å². The molecule has 0 spiro atoms.